The lowest BCUT2D eigenvalue weighted by molar-refractivity contribution is -0.118. The Balaban J connectivity index is 1.52. The number of hydrogen-bond donors (Lipinski definition) is 0. The second-order valence-corrected chi connectivity index (χ2v) is 8.62. The van der Waals surface area contributed by atoms with Gasteiger partial charge >= 0.3 is 0 Å². The summed E-state index contributed by atoms with van der Waals surface area (Å²) < 4.78 is 11.8. The van der Waals surface area contributed by atoms with E-state index in [9.17, 15) is 4.79 Å². The van der Waals surface area contributed by atoms with Gasteiger partial charge in [-0.2, -0.15) is 0 Å². The van der Waals surface area contributed by atoms with Gasteiger partial charge in [0, 0.05) is 25.1 Å². The molecule has 0 aliphatic carbocycles. The van der Waals surface area contributed by atoms with Crippen LogP contribution >= 0.6 is 0 Å². The van der Waals surface area contributed by atoms with Crippen molar-refractivity contribution in [3.05, 3.63) is 101 Å². The van der Waals surface area contributed by atoms with E-state index in [4.69, 9.17) is 9.47 Å². The van der Waals surface area contributed by atoms with E-state index in [2.05, 4.69) is 61.5 Å². The molecule has 166 valence electrons. The number of aryl methyl sites for hydroxylation is 1. The van der Waals surface area contributed by atoms with Gasteiger partial charge < -0.3 is 14.4 Å². The Labute approximate surface area is 194 Å². The van der Waals surface area contributed by atoms with Crippen molar-refractivity contribution in [2.75, 3.05) is 19.1 Å². The maximum atomic E-state index is 12.9. The number of carbonyl (C=O) groups is 1. The van der Waals surface area contributed by atoms with Gasteiger partial charge in [-0.25, -0.2) is 0 Å². The smallest absolute Gasteiger partial charge is 0.227 e. The van der Waals surface area contributed by atoms with Crippen LogP contribution in [0.1, 0.15) is 34.6 Å². The molecular weight excluding hydrogens is 410 g/mol. The molecule has 4 heteroatoms. The number of methoxy groups -OCH3 is 1. The van der Waals surface area contributed by atoms with Crippen LogP contribution in [0.4, 0.5) is 5.69 Å². The Hall–Kier alpha value is -3.79. The van der Waals surface area contributed by atoms with Crippen molar-refractivity contribution in [3.8, 4) is 11.5 Å². The molecule has 0 spiro atoms. The highest BCUT2D eigenvalue weighted by molar-refractivity contribution is 6.02. The van der Waals surface area contributed by atoms with Crippen LogP contribution in [0.25, 0.3) is 10.8 Å². The van der Waals surface area contributed by atoms with Crippen LogP contribution < -0.4 is 14.4 Å². The zero-order valence-electron chi connectivity index (χ0n) is 19.2. The maximum absolute atomic E-state index is 12.9. The quantitative estimate of drug-likeness (QED) is 0.371. The Morgan fingerprint density at radius 1 is 0.939 bits per heavy atom. The molecule has 0 radical (unpaired) electrons. The molecule has 0 saturated carbocycles. The van der Waals surface area contributed by atoms with Crippen LogP contribution in [-0.2, 0) is 11.4 Å². The molecule has 0 bridgehead atoms. The van der Waals surface area contributed by atoms with Crippen molar-refractivity contribution in [2.24, 2.45) is 0 Å². The largest absolute Gasteiger partial charge is 0.493 e. The van der Waals surface area contributed by atoms with Crippen molar-refractivity contribution in [1.29, 1.82) is 0 Å². The summed E-state index contributed by atoms with van der Waals surface area (Å²) >= 11 is 0. The van der Waals surface area contributed by atoms with Crippen molar-refractivity contribution >= 4 is 22.4 Å². The number of anilines is 1. The fraction of sp³-hybridized carbons (Fsp3) is 0.207. The van der Waals surface area contributed by atoms with E-state index in [1.165, 1.54) is 21.9 Å². The van der Waals surface area contributed by atoms with Crippen LogP contribution in [0.15, 0.2) is 78.9 Å². The Kier molecular flexibility index (Phi) is 5.51. The first-order valence-electron chi connectivity index (χ1n) is 11.2. The molecule has 1 aliphatic heterocycles. The molecule has 1 unspecified atom stereocenters. The van der Waals surface area contributed by atoms with E-state index in [0.717, 1.165) is 16.8 Å². The Bertz CT molecular complexity index is 1340. The summed E-state index contributed by atoms with van der Waals surface area (Å²) in [5, 5.41) is 2.35. The van der Waals surface area contributed by atoms with Gasteiger partial charge in [0.05, 0.1) is 7.11 Å². The predicted octanol–water partition coefficient (Wildman–Crippen LogP) is 6.23. The standard InChI is InChI=1S/C29H27NO3/c1-19-7-6-8-20(15-19)18-33-26-14-12-22(16-27(26)32-3)24-17-28(31)30(2)25-13-11-21-9-4-5-10-23(21)29(24)25/h4-16,24H,17-18H2,1-3H3. The number of hydrogen-bond acceptors (Lipinski definition) is 3. The second-order valence-electron chi connectivity index (χ2n) is 8.62. The highest BCUT2D eigenvalue weighted by Gasteiger charge is 2.32. The van der Waals surface area contributed by atoms with Gasteiger partial charge in [-0.3, -0.25) is 4.79 Å². The average molecular weight is 438 g/mol. The Morgan fingerprint density at radius 2 is 1.79 bits per heavy atom. The van der Waals surface area contributed by atoms with Crippen LogP contribution in [0, 0.1) is 6.92 Å². The number of fused-ring (bicyclic) bond motifs is 3. The van der Waals surface area contributed by atoms with E-state index < -0.39 is 0 Å². The topological polar surface area (TPSA) is 38.8 Å². The monoisotopic (exact) mass is 437 g/mol. The second kappa shape index (κ2) is 8.62. The molecule has 1 heterocycles. The number of amides is 1. The molecule has 33 heavy (non-hydrogen) atoms. The first-order valence-corrected chi connectivity index (χ1v) is 11.2. The fourth-order valence-electron chi connectivity index (χ4n) is 4.76. The minimum atomic E-state index is -0.0467. The number of rotatable bonds is 5. The molecule has 1 amide bonds. The number of nitrogens with zero attached hydrogens (tertiary/aromatic N) is 1. The number of ether oxygens (including phenoxy) is 2. The summed E-state index contributed by atoms with van der Waals surface area (Å²) in [4.78, 5) is 14.6. The van der Waals surface area contributed by atoms with E-state index >= 15 is 0 Å². The third-order valence-electron chi connectivity index (χ3n) is 6.48. The van der Waals surface area contributed by atoms with E-state index in [0.29, 0.717) is 24.5 Å². The van der Waals surface area contributed by atoms with Crippen molar-refractivity contribution in [1.82, 2.24) is 0 Å². The molecule has 0 fully saturated rings. The lowest BCUT2D eigenvalue weighted by Crippen LogP contribution is -2.33. The van der Waals surface area contributed by atoms with Crippen LogP contribution in [-0.4, -0.2) is 20.1 Å². The third-order valence-corrected chi connectivity index (χ3v) is 6.48. The Morgan fingerprint density at radius 3 is 2.61 bits per heavy atom. The van der Waals surface area contributed by atoms with Crippen molar-refractivity contribution in [3.63, 3.8) is 0 Å². The molecule has 1 aliphatic rings. The normalized spacial score (nSPS) is 15.4. The SMILES string of the molecule is COc1cc(C2CC(=O)N(C)c3ccc4ccccc4c32)ccc1OCc1cccc(C)c1. The minimum absolute atomic E-state index is 0.0467. The van der Waals surface area contributed by atoms with Gasteiger partial charge in [-0.05, 0) is 52.6 Å². The third kappa shape index (κ3) is 3.93. The van der Waals surface area contributed by atoms with Gasteiger partial charge in [0.25, 0.3) is 0 Å². The fourth-order valence-corrected chi connectivity index (χ4v) is 4.76. The number of benzene rings is 4. The van der Waals surface area contributed by atoms with Crippen LogP contribution in [0.5, 0.6) is 11.5 Å². The zero-order chi connectivity index (χ0) is 22.9. The highest BCUT2D eigenvalue weighted by atomic mass is 16.5. The molecule has 4 nitrogen and oxygen atoms in total. The summed E-state index contributed by atoms with van der Waals surface area (Å²) in [5.74, 6) is 1.43. The van der Waals surface area contributed by atoms with Gasteiger partial charge in [-0.15, -0.1) is 0 Å². The highest BCUT2D eigenvalue weighted by Crippen LogP contribution is 2.45. The summed E-state index contributed by atoms with van der Waals surface area (Å²) in [6.07, 6.45) is 0.421. The van der Waals surface area contributed by atoms with Gasteiger partial charge in [-0.1, -0.05) is 66.2 Å². The van der Waals surface area contributed by atoms with Gasteiger partial charge in [0.2, 0.25) is 5.91 Å². The van der Waals surface area contributed by atoms with Crippen molar-refractivity contribution in [2.45, 2.75) is 25.9 Å². The van der Waals surface area contributed by atoms with Crippen molar-refractivity contribution < 1.29 is 14.3 Å². The summed E-state index contributed by atoms with van der Waals surface area (Å²) in [7, 11) is 3.51. The van der Waals surface area contributed by atoms with Gasteiger partial charge in [0.15, 0.2) is 11.5 Å². The van der Waals surface area contributed by atoms with E-state index in [1.807, 2.05) is 31.3 Å². The molecule has 0 aromatic heterocycles. The lowest BCUT2D eigenvalue weighted by atomic mass is 9.81. The summed E-state index contributed by atoms with van der Waals surface area (Å²) in [5.41, 5.74) is 5.52. The maximum Gasteiger partial charge on any atom is 0.227 e. The molecule has 0 saturated heterocycles. The summed E-state index contributed by atoms with van der Waals surface area (Å²) in [6, 6.07) is 26.8. The molecule has 1 atom stereocenters. The molecule has 4 aromatic rings. The molecule has 0 N–H and O–H groups in total. The van der Waals surface area contributed by atoms with Gasteiger partial charge in [0.1, 0.15) is 6.61 Å². The average Bonchev–Trinajstić information content (AvgIpc) is 2.84. The molecule has 5 rings (SSSR count). The van der Waals surface area contributed by atoms with E-state index in [1.54, 1.807) is 12.0 Å². The predicted molar refractivity (Wildman–Crippen MR) is 132 cm³/mol. The number of carbonyl (C=O) groups excluding carboxylic acids is 1. The minimum Gasteiger partial charge on any atom is -0.493 e. The first-order chi connectivity index (χ1) is 16.0. The molecular formula is C29H27NO3. The zero-order valence-corrected chi connectivity index (χ0v) is 19.2. The van der Waals surface area contributed by atoms with Crippen LogP contribution in [0.3, 0.4) is 0 Å². The van der Waals surface area contributed by atoms with Crippen LogP contribution in [0.2, 0.25) is 0 Å². The van der Waals surface area contributed by atoms with E-state index in [-0.39, 0.29) is 11.8 Å². The molecule has 4 aromatic carbocycles. The lowest BCUT2D eigenvalue weighted by Gasteiger charge is -2.33. The summed E-state index contributed by atoms with van der Waals surface area (Å²) in [6.45, 7) is 2.54. The first kappa shape index (κ1) is 21.1.